The molecule has 3 heterocycles. The molecule has 2 aromatic rings. The van der Waals surface area contributed by atoms with Gasteiger partial charge in [0.15, 0.2) is 5.78 Å². The molecule has 2 saturated heterocycles. The third kappa shape index (κ3) is 3.86. The predicted molar refractivity (Wildman–Crippen MR) is 112 cm³/mol. The van der Waals surface area contributed by atoms with Crippen molar-refractivity contribution in [3.63, 3.8) is 0 Å². The lowest BCUT2D eigenvalue weighted by Crippen LogP contribution is -2.39. The number of imide groups is 1. The number of hydrogen-bond acceptors (Lipinski definition) is 5. The average molecular weight is 448 g/mol. The monoisotopic (exact) mass is 448 g/mol. The number of carbonyl (C=O) groups is 3. The van der Waals surface area contributed by atoms with Crippen molar-refractivity contribution in [1.29, 1.82) is 0 Å². The number of nitrogens with zero attached hydrogens (tertiary/aromatic N) is 2. The Hall–Kier alpha value is -2.68. The molecular formula is C22H22F2N2O4S. The van der Waals surface area contributed by atoms with Gasteiger partial charge in [0.25, 0.3) is 0 Å². The SMILES string of the molecule is Cc1cc(C(=O)CN2C(=O)CC3(CCSC3)C2=O)c(C)n1-c1ccc(OC(F)F)cc1. The fraction of sp³-hybridized carbons (Fsp3) is 0.409. The van der Waals surface area contributed by atoms with Gasteiger partial charge in [0.2, 0.25) is 11.8 Å². The van der Waals surface area contributed by atoms with Gasteiger partial charge in [0.1, 0.15) is 5.75 Å². The summed E-state index contributed by atoms with van der Waals surface area (Å²) in [5.74, 6) is 0.693. The van der Waals surface area contributed by atoms with Gasteiger partial charge in [-0.1, -0.05) is 0 Å². The van der Waals surface area contributed by atoms with Crippen LogP contribution in [0.1, 0.15) is 34.6 Å². The third-order valence-corrected chi connectivity index (χ3v) is 7.20. The summed E-state index contributed by atoms with van der Waals surface area (Å²) in [5.41, 5.74) is 1.89. The van der Waals surface area contributed by atoms with Crippen LogP contribution in [0.4, 0.5) is 8.78 Å². The van der Waals surface area contributed by atoms with Crippen molar-refractivity contribution in [1.82, 2.24) is 9.47 Å². The summed E-state index contributed by atoms with van der Waals surface area (Å²) in [4.78, 5) is 39.5. The van der Waals surface area contributed by atoms with Crippen LogP contribution in [0.25, 0.3) is 5.69 Å². The van der Waals surface area contributed by atoms with Crippen molar-refractivity contribution in [2.24, 2.45) is 5.41 Å². The summed E-state index contributed by atoms with van der Waals surface area (Å²) >= 11 is 1.66. The first-order valence-corrected chi connectivity index (χ1v) is 11.1. The third-order valence-electron chi connectivity index (χ3n) is 5.95. The van der Waals surface area contributed by atoms with Gasteiger partial charge in [-0.15, -0.1) is 0 Å². The van der Waals surface area contributed by atoms with Crippen LogP contribution in [0, 0.1) is 19.3 Å². The highest BCUT2D eigenvalue weighted by molar-refractivity contribution is 7.99. The van der Waals surface area contributed by atoms with Crippen LogP contribution in [0.15, 0.2) is 30.3 Å². The number of rotatable bonds is 6. The molecule has 0 saturated carbocycles. The minimum Gasteiger partial charge on any atom is -0.435 e. The summed E-state index contributed by atoms with van der Waals surface area (Å²) in [6.45, 7) is 0.426. The van der Waals surface area contributed by atoms with E-state index in [1.165, 1.54) is 12.1 Å². The Balaban J connectivity index is 1.55. The standard InChI is InChI=1S/C22H22F2N2O4S/c1-13-9-17(14(2)26(13)15-3-5-16(6-4-15)30-21(23)24)18(27)11-25-19(28)10-22(20(25)29)7-8-31-12-22/h3-6,9,21H,7-8,10-12H2,1-2H3. The first-order chi connectivity index (χ1) is 14.7. The van der Waals surface area contributed by atoms with Crippen molar-refractivity contribution >= 4 is 29.4 Å². The lowest BCUT2D eigenvalue weighted by Gasteiger charge is -2.19. The summed E-state index contributed by atoms with van der Waals surface area (Å²) in [7, 11) is 0. The highest BCUT2D eigenvalue weighted by Crippen LogP contribution is 2.45. The molecular weight excluding hydrogens is 426 g/mol. The van der Waals surface area contributed by atoms with E-state index in [4.69, 9.17) is 0 Å². The molecule has 2 aliphatic heterocycles. The second-order valence-corrected chi connectivity index (χ2v) is 9.07. The van der Waals surface area contributed by atoms with Crippen LogP contribution < -0.4 is 4.74 Å². The normalized spacial score (nSPS) is 21.0. The van der Waals surface area contributed by atoms with E-state index in [1.807, 2.05) is 11.5 Å². The van der Waals surface area contributed by atoms with Crippen LogP contribution in [0.3, 0.4) is 0 Å². The molecule has 2 amide bonds. The number of thioether (sulfide) groups is 1. The van der Waals surface area contributed by atoms with Crippen LogP contribution >= 0.6 is 11.8 Å². The van der Waals surface area contributed by atoms with Crippen molar-refractivity contribution in [3.8, 4) is 11.4 Å². The zero-order valence-corrected chi connectivity index (χ0v) is 18.0. The molecule has 2 aliphatic rings. The number of likely N-dealkylation sites (tertiary alicyclic amines) is 1. The number of benzene rings is 1. The summed E-state index contributed by atoms with van der Waals surface area (Å²) in [6.07, 6.45) is 0.852. The highest BCUT2D eigenvalue weighted by atomic mass is 32.2. The van der Waals surface area contributed by atoms with Crippen LogP contribution in [-0.2, 0) is 9.59 Å². The number of halogens is 2. The Bertz CT molecular complexity index is 1040. The maximum Gasteiger partial charge on any atom is 0.387 e. The van der Waals surface area contributed by atoms with Gasteiger partial charge in [0, 0.05) is 34.8 Å². The first-order valence-electron chi connectivity index (χ1n) is 9.92. The summed E-state index contributed by atoms with van der Waals surface area (Å²) in [6, 6.07) is 7.83. The van der Waals surface area contributed by atoms with E-state index in [0.29, 0.717) is 29.1 Å². The van der Waals surface area contributed by atoms with Crippen molar-refractivity contribution in [3.05, 3.63) is 47.3 Å². The number of Topliss-reactive ketones (excluding diaryl/α,β-unsaturated/α-hetero) is 1. The molecule has 0 N–H and O–H groups in total. The Morgan fingerprint density at radius 1 is 1.23 bits per heavy atom. The van der Waals surface area contributed by atoms with E-state index in [-0.39, 0.29) is 36.3 Å². The number of aryl methyl sites for hydroxylation is 1. The molecule has 0 bridgehead atoms. The van der Waals surface area contributed by atoms with Crippen molar-refractivity contribution in [2.45, 2.75) is 33.3 Å². The van der Waals surface area contributed by atoms with Crippen molar-refractivity contribution < 1.29 is 27.9 Å². The highest BCUT2D eigenvalue weighted by Gasteiger charge is 2.53. The van der Waals surface area contributed by atoms with Gasteiger partial charge in [-0.2, -0.15) is 20.5 Å². The molecule has 6 nitrogen and oxygen atoms in total. The number of ketones is 1. The van der Waals surface area contributed by atoms with Gasteiger partial charge >= 0.3 is 6.61 Å². The summed E-state index contributed by atoms with van der Waals surface area (Å²) < 4.78 is 30.9. The van der Waals surface area contributed by atoms with Gasteiger partial charge < -0.3 is 9.30 Å². The molecule has 9 heteroatoms. The maximum atomic E-state index is 13.0. The molecule has 164 valence electrons. The Morgan fingerprint density at radius 2 is 1.94 bits per heavy atom. The van der Waals surface area contributed by atoms with Gasteiger partial charge in [-0.25, -0.2) is 0 Å². The predicted octanol–water partition coefficient (Wildman–Crippen LogP) is 3.76. The van der Waals surface area contributed by atoms with Crippen molar-refractivity contribution in [2.75, 3.05) is 18.1 Å². The van der Waals surface area contributed by atoms with E-state index < -0.39 is 12.0 Å². The van der Waals surface area contributed by atoms with E-state index in [0.717, 1.165) is 16.3 Å². The van der Waals surface area contributed by atoms with Gasteiger partial charge in [-0.05, 0) is 56.4 Å². The van der Waals surface area contributed by atoms with Gasteiger partial charge in [0.05, 0.1) is 12.0 Å². The van der Waals surface area contributed by atoms with E-state index in [1.54, 1.807) is 36.9 Å². The smallest absolute Gasteiger partial charge is 0.387 e. The zero-order valence-electron chi connectivity index (χ0n) is 17.2. The molecule has 1 aromatic carbocycles. The van der Waals surface area contributed by atoms with Crippen LogP contribution in [0.5, 0.6) is 5.75 Å². The minimum atomic E-state index is -2.90. The number of aromatic nitrogens is 1. The number of amides is 2. The fourth-order valence-corrected chi connectivity index (χ4v) is 5.82. The second-order valence-electron chi connectivity index (χ2n) is 7.96. The molecule has 0 aliphatic carbocycles. The summed E-state index contributed by atoms with van der Waals surface area (Å²) in [5, 5.41) is 0. The Morgan fingerprint density at radius 3 is 2.55 bits per heavy atom. The fourth-order valence-electron chi connectivity index (χ4n) is 4.38. The molecule has 1 aromatic heterocycles. The molecule has 1 unspecified atom stereocenters. The average Bonchev–Trinajstić information content (AvgIpc) is 3.36. The van der Waals surface area contributed by atoms with E-state index >= 15 is 0 Å². The Labute approximate surface area is 182 Å². The zero-order chi connectivity index (χ0) is 22.3. The van der Waals surface area contributed by atoms with Gasteiger partial charge in [-0.3, -0.25) is 19.3 Å². The minimum absolute atomic E-state index is 0.0441. The second kappa shape index (κ2) is 8.11. The maximum absolute atomic E-state index is 13.0. The largest absolute Gasteiger partial charge is 0.435 e. The lowest BCUT2D eigenvalue weighted by molar-refractivity contribution is -0.140. The Kier molecular flexibility index (Phi) is 5.63. The molecule has 1 atom stereocenters. The number of alkyl halides is 2. The van der Waals surface area contributed by atoms with E-state index in [2.05, 4.69) is 4.74 Å². The molecule has 4 rings (SSSR count). The lowest BCUT2D eigenvalue weighted by atomic mass is 9.86. The number of hydrogen-bond donors (Lipinski definition) is 0. The van der Waals surface area contributed by atoms with E-state index in [9.17, 15) is 23.2 Å². The molecule has 1 spiro atoms. The number of carbonyl (C=O) groups excluding carboxylic acids is 3. The molecule has 31 heavy (non-hydrogen) atoms. The van der Waals surface area contributed by atoms with Crippen LogP contribution in [-0.4, -0.2) is 51.7 Å². The molecule has 2 fully saturated rings. The molecule has 0 radical (unpaired) electrons. The first kappa shape index (κ1) is 21.5. The topological polar surface area (TPSA) is 68.6 Å². The quantitative estimate of drug-likeness (QED) is 0.497. The number of ether oxygens (including phenoxy) is 1. The van der Waals surface area contributed by atoms with Crippen LogP contribution in [0.2, 0.25) is 0 Å².